The Morgan fingerprint density at radius 2 is 1.80 bits per heavy atom. The lowest BCUT2D eigenvalue weighted by Crippen LogP contribution is -2.36. The van der Waals surface area contributed by atoms with Gasteiger partial charge in [0.25, 0.3) is 0 Å². The highest BCUT2D eigenvalue weighted by atomic mass is 32.2. The van der Waals surface area contributed by atoms with Gasteiger partial charge < -0.3 is 24.4 Å². The van der Waals surface area contributed by atoms with Crippen molar-refractivity contribution in [3.05, 3.63) is 48.2 Å². The molecular formula is C29H36F3N5O3S. The number of hydrogen-bond acceptors (Lipinski definition) is 6. The maximum atomic E-state index is 13.6. The Morgan fingerprint density at radius 3 is 2.41 bits per heavy atom. The van der Waals surface area contributed by atoms with E-state index in [1.165, 1.54) is 23.8 Å². The van der Waals surface area contributed by atoms with Crippen molar-refractivity contribution in [1.82, 2.24) is 9.47 Å². The molecule has 41 heavy (non-hydrogen) atoms. The zero-order valence-electron chi connectivity index (χ0n) is 23.6. The van der Waals surface area contributed by atoms with Crippen molar-refractivity contribution in [2.75, 3.05) is 45.0 Å². The Kier molecular flexibility index (Phi) is 9.11. The standard InChI is InChI=1S/C29H36F3N5O3S/c1-35(2)21-12-10-20(11-13-21)34-25-8-5-9-26-24(25)17-22(37(26)19-29(30,31)32)7-6-16-36(3)27-15-14-23(41(33,38)39)18-28(27)40-4/h5,8-9,14-15,17-18,20-21,34H,10-13,16,19H2,1-4H3,(H2,33,38,39). The van der Waals surface area contributed by atoms with Crippen LogP contribution in [0, 0.1) is 11.8 Å². The molecule has 222 valence electrons. The smallest absolute Gasteiger partial charge is 0.406 e. The predicted octanol–water partition coefficient (Wildman–Crippen LogP) is 4.63. The summed E-state index contributed by atoms with van der Waals surface area (Å²) in [4.78, 5) is 3.86. The summed E-state index contributed by atoms with van der Waals surface area (Å²) in [6.45, 7) is -1.00. The molecule has 3 N–H and O–H groups in total. The van der Waals surface area contributed by atoms with Crippen LogP contribution < -0.4 is 20.1 Å². The molecule has 8 nitrogen and oxygen atoms in total. The Hall–Kier alpha value is -3.40. The number of anilines is 2. The van der Waals surface area contributed by atoms with Gasteiger partial charge in [0.05, 0.1) is 35.4 Å². The predicted molar refractivity (Wildman–Crippen MR) is 156 cm³/mol. The van der Waals surface area contributed by atoms with E-state index >= 15 is 0 Å². The van der Waals surface area contributed by atoms with Crippen LogP contribution in [-0.4, -0.2) is 70.9 Å². The van der Waals surface area contributed by atoms with Gasteiger partial charge in [0, 0.05) is 36.3 Å². The van der Waals surface area contributed by atoms with Gasteiger partial charge in [-0.1, -0.05) is 12.0 Å². The number of hydrogen-bond donors (Lipinski definition) is 2. The Labute approximate surface area is 239 Å². The number of ether oxygens (including phenoxy) is 1. The normalized spacial score (nSPS) is 17.8. The highest BCUT2D eigenvalue weighted by Gasteiger charge is 2.30. The fourth-order valence-electron chi connectivity index (χ4n) is 5.30. The van der Waals surface area contributed by atoms with Crippen LogP contribution in [0.15, 0.2) is 47.4 Å². The zero-order valence-corrected chi connectivity index (χ0v) is 24.4. The van der Waals surface area contributed by atoms with E-state index in [2.05, 4.69) is 36.2 Å². The van der Waals surface area contributed by atoms with Gasteiger partial charge in [-0.15, -0.1) is 0 Å². The van der Waals surface area contributed by atoms with Crippen LogP contribution in [-0.2, 0) is 16.6 Å². The number of nitrogens with zero attached hydrogens (tertiary/aromatic N) is 3. The van der Waals surface area contributed by atoms with Crippen LogP contribution in [0.3, 0.4) is 0 Å². The molecule has 0 radical (unpaired) electrons. The van der Waals surface area contributed by atoms with Crippen LogP contribution >= 0.6 is 0 Å². The average molecular weight is 592 g/mol. The Bertz CT molecular complexity index is 1550. The van der Waals surface area contributed by atoms with Crippen LogP contribution in [0.25, 0.3) is 10.9 Å². The minimum Gasteiger partial charge on any atom is -0.495 e. The van der Waals surface area contributed by atoms with E-state index in [0.29, 0.717) is 22.6 Å². The average Bonchev–Trinajstić information content (AvgIpc) is 3.24. The number of alkyl halides is 3. The van der Waals surface area contributed by atoms with Gasteiger partial charge in [0.2, 0.25) is 10.0 Å². The highest BCUT2D eigenvalue weighted by molar-refractivity contribution is 7.89. The van der Waals surface area contributed by atoms with E-state index in [9.17, 15) is 21.6 Å². The minimum absolute atomic E-state index is 0.0931. The quantitative estimate of drug-likeness (QED) is 0.371. The number of benzene rings is 2. The first-order chi connectivity index (χ1) is 19.3. The van der Waals surface area contributed by atoms with Crippen molar-refractivity contribution in [1.29, 1.82) is 0 Å². The summed E-state index contributed by atoms with van der Waals surface area (Å²) in [6, 6.07) is 12.1. The SMILES string of the molecule is COc1cc(S(N)(=O)=O)ccc1N(C)CC#Cc1cc2c(NC3CCC(N(C)C)CC3)cccc2n1CC(F)(F)F. The maximum Gasteiger partial charge on any atom is 0.406 e. The van der Waals surface area contributed by atoms with Gasteiger partial charge in [-0.2, -0.15) is 13.2 Å². The molecule has 0 aliphatic heterocycles. The molecule has 1 aliphatic rings. The molecule has 0 bridgehead atoms. The number of aromatic nitrogens is 1. The molecule has 1 aliphatic carbocycles. The second-order valence-corrected chi connectivity index (χ2v) is 12.2. The Balaban J connectivity index is 1.61. The third-order valence-corrected chi connectivity index (χ3v) is 8.40. The van der Waals surface area contributed by atoms with Gasteiger partial charge in [-0.25, -0.2) is 13.6 Å². The molecule has 0 spiro atoms. The summed E-state index contributed by atoms with van der Waals surface area (Å²) in [5, 5.41) is 9.49. The van der Waals surface area contributed by atoms with Crippen molar-refractivity contribution >= 4 is 32.3 Å². The fourth-order valence-corrected chi connectivity index (χ4v) is 5.83. The molecule has 0 amide bonds. The second kappa shape index (κ2) is 12.2. The molecule has 3 aromatic rings. The number of primary sulfonamides is 1. The third kappa shape index (κ3) is 7.47. The number of methoxy groups -OCH3 is 1. The van der Waals surface area contributed by atoms with E-state index in [0.717, 1.165) is 31.4 Å². The summed E-state index contributed by atoms with van der Waals surface area (Å²) >= 11 is 0. The van der Waals surface area contributed by atoms with Crippen molar-refractivity contribution in [3.8, 4) is 17.6 Å². The number of halogens is 3. The maximum absolute atomic E-state index is 13.6. The summed E-state index contributed by atoms with van der Waals surface area (Å²) in [5.74, 6) is 6.17. The van der Waals surface area contributed by atoms with Gasteiger partial charge in [-0.05, 0) is 76.0 Å². The lowest BCUT2D eigenvalue weighted by Gasteiger charge is -2.33. The van der Waals surface area contributed by atoms with Gasteiger partial charge in [-0.3, -0.25) is 0 Å². The van der Waals surface area contributed by atoms with Crippen molar-refractivity contribution < 1.29 is 26.3 Å². The number of rotatable bonds is 8. The molecule has 1 heterocycles. The third-order valence-electron chi connectivity index (χ3n) is 7.49. The van der Waals surface area contributed by atoms with E-state index in [-0.39, 0.29) is 28.9 Å². The topological polar surface area (TPSA) is 92.8 Å². The summed E-state index contributed by atoms with van der Waals surface area (Å²) in [5.41, 5.74) is 2.08. The fraction of sp³-hybridized carbons (Fsp3) is 0.448. The zero-order chi connectivity index (χ0) is 29.9. The molecule has 2 aromatic carbocycles. The lowest BCUT2D eigenvalue weighted by atomic mass is 9.90. The van der Waals surface area contributed by atoms with E-state index in [1.807, 2.05) is 6.07 Å². The van der Waals surface area contributed by atoms with Gasteiger partial charge in [0.1, 0.15) is 12.3 Å². The van der Waals surface area contributed by atoms with Crippen LogP contribution in [0.2, 0.25) is 0 Å². The number of nitrogens with two attached hydrogens (primary N) is 1. The van der Waals surface area contributed by atoms with Crippen molar-refractivity contribution in [3.63, 3.8) is 0 Å². The number of nitrogens with one attached hydrogen (secondary N) is 1. The monoisotopic (exact) mass is 591 g/mol. The molecule has 1 fully saturated rings. The van der Waals surface area contributed by atoms with Gasteiger partial charge >= 0.3 is 6.18 Å². The van der Waals surface area contributed by atoms with Crippen LogP contribution in [0.4, 0.5) is 24.5 Å². The van der Waals surface area contributed by atoms with Gasteiger partial charge in [0.15, 0.2) is 0 Å². The summed E-state index contributed by atoms with van der Waals surface area (Å²) in [6.07, 6.45) is -0.317. The summed E-state index contributed by atoms with van der Waals surface area (Å²) in [7, 11) is 3.39. The molecule has 12 heteroatoms. The van der Waals surface area contributed by atoms with Crippen LogP contribution in [0.5, 0.6) is 5.75 Å². The first kappa shape index (κ1) is 30.6. The number of sulfonamides is 1. The van der Waals surface area contributed by atoms with E-state index < -0.39 is 22.7 Å². The van der Waals surface area contributed by atoms with Crippen LogP contribution in [0.1, 0.15) is 31.4 Å². The molecule has 0 atom stereocenters. The second-order valence-electron chi connectivity index (χ2n) is 10.6. The molecule has 0 saturated heterocycles. The molecule has 1 saturated carbocycles. The number of fused-ring (bicyclic) bond motifs is 1. The van der Waals surface area contributed by atoms with Crippen molar-refractivity contribution in [2.24, 2.45) is 5.14 Å². The molecular weight excluding hydrogens is 555 g/mol. The highest BCUT2D eigenvalue weighted by Crippen LogP contribution is 2.33. The largest absolute Gasteiger partial charge is 0.495 e. The van der Waals surface area contributed by atoms with Crippen molar-refractivity contribution in [2.45, 2.75) is 55.4 Å². The first-order valence-corrected chi connectivity index (χ1v) is 14.8. The van der Waals surface area contributed by atoms with E-state index in [1.54, 1.807) is 36.2 Å². The lowest BCUT2D eigenvalue weighted by molar-refractivity contribution is -0.140. The molecule has 0 unspecified atom stereocenters. The molecule has 4 rings (SSSR count). The molecule has 1 aromatic heterocycles. The summed E-state index contributed by atoms with van der Waals surface area (Å²) < 4.78 is 70.7. The van der Waals surface area contributed by atoms with E-state index in [4.69, 9.17) is 9.88 Å². The first-order valence-electron chi connectivity index (χ1n) is 13.3. The minimum atomic E-state index is -4.42. The Morgan fingerprint density at radius 1 is 1.10 bits per heavy atom.